The summed E-state index contributed by atoms with van der Waals surface area (Å²) in [5.41, 5.74) is 6.90. The third-order valence-electron chi connectivity index (χ3n) is 4.67. The van der Waals surface area contributed by atoms with Gasteiger partial charge in [-0.25, -0.2) is 0 Å². The summed E-state index contributed by atoms with van der Waals surface area (Å²) in [6.07, 6.45) is 0.434. The molecular formula is C21H22N2O8S2. The molecule has 12 heteroatoms. The number of anilines is 2. The summed E-state index contributed by atoms with van der Waals surface area (Å²) in [7, 11) is -8.62. The van der Waals surface area contributed by atoms with Gasteiger partial charge in [0.1, 0.15) is 5.75 Å². The van der Waals surface area contributed by atoms with Crippen molar-refractivity contribution in [2.75, 3.05) is 23.4 Å². The Balaban J connectivity index is 1.85. The number of amides is 1. The van der Waals surface area contributed by atoms with Crippen LogP contribution in [0.15, 0.2) is 59.5 Å². The van der Waals surface area contributed by atoms with Gasteiger partial charge in [-0.1, -0.05) is 0 Å². The highest BCUT2D eigenvalue weighted by molar-refractivity contribution is 7.86. The first-order valence-electron chi connectivity index (χ1n) is 9.72. The molecule has 0 aromatic heterocycles. The van der Waals surface area contributed by atoms with Gasteiger partial charge in [0.25, 0.3) is 26.1 Å². The maximum absolute atomic E-state index is 12.5. The lowest BCUT2D eigenvalue weighted by Gasteiger charge is -2.13. The van der Waals surface area contributed by atoms with Crippen LogP contribution in [0.4, 0.5) is 11.4 Å². The largest absolute Gasteiger partial charge is 0.493 e. The van der Waals surface area contributed by atoms with Crippen molar-refractivity contribution in [3.05, 3.63) is 60.2 Å². The summed E-state index contributed by atoms with van der Waals surface area (Å²) in [5.74, 6) is -0.654. The van der Waals surface area contributed by atoms with E-state index in [1.54, 1.807) is 36.4 Å². The van der Waals surface area contributed by atoms with Gasteiger partial charge in [0, 0.05) is 28.4 Å². The number of carbonyl (C=O) groups excluding carboxylic acids is 1. The van der Waals surface area contributed by atoms with Crippen LogP contribution in [0.1, 0.15) is 23.2 Å². The normalized spacial score (nSPS) is 11.9. The standard InChI is InChI=1S/C21H22N2O8S2/c22-16-5-3-14(4-6-16)21(24)23-17-7-8-19-15(11-17)12-18(33(28,29)30)13-20(19)31-9-1-2-10-32(25,26)27/h3-8,11-13H,1-2,9-10,22H2,(H,23,24)(H,25,26,27)(H,28,29,30). The molecule has 33 heavy (non-hydrogen) atoms. The van der Waals surface area contributed by atoms with E-state index in [4.69, 9.17) is 15.0 Å². The number of nitrogen functional groups attached to an aromatic ring is 1. The molecule has 3 rings (SSSR count). The van der Waals surface area contributed by atoms with Crippen LogP contribution in [0.5, 0.6) is 5.75 Å². The molecule has 5 N–H and O–H groups in total. The molecule has 1 amide bonds. The van der Waals surface area contributed by atoms with Gasteiger partial charge >= 0.3 is 0 Å². The lowest BCUT2D eigenvalue weighted by Crippen LogP contribution is -2.11. The van der Waals surface area contributed by atoms with Gasteiger partial charge < -0.3 is 15.8 Å². The van der Waals surface area contributed by atoms with E-state index in [1.165, 1.54) is 12.1 Å². The Kier molecular flexibility index (Phi) is 7.22. The summed E-state index contributed by atoms with van der Waals surface area (Å²) >= 11 is 0. The first-order valence-corrected chi connectivity index (χ1v) is 12.8. The second-order valence-corrected chi connectivity index (χ2v) is 10.2. The number of ether oxygens (including phenoxy) is 1. The summed E-state index contributed by atoms with van der Waals surface area (Å²) in [5, 5.41) is 3.61. The smallest absolute Gasteiger partial charge is 0.294 e. The Morgan fingerprint density at radius 2 is 1.64 bits per heavy atom. The van der Waals surface area contributed by atoms with E-state index in [1.807, 2.05) is 0 Å². The molecule has 10 nitrogen and oxygen atoms in total. The minimum absolute atomic E-state index is 0.0508. The predicted octanol–water partition coefficient (Wildman–Crippen LogP) is 2.97. The van der Waals surface area contributed by atoms with Crippen molar-refractivity contribution < 1.29 is 35.5 Å². The molecule has 176 valence electrons. The highest BCUT2D eigenvalue weighted by Gasteiger charge is 2.16. The molecule has 0 radical (unpaired) electrons. The molecule has 3 aromatic carbocycles. The van der Waals surface area contributed by atoms with E-state index in [-0.39, 0.29) is 25.2 Å². The van der Waals surface area contributed by atoms with Gasteiger partial charge in [-0.3, -0.25) is 13.9 Å². The van der Waals surface area contributed by atoms with Crippen molar-refractivity contribution >= 4 is 48.3 Å². The van der Waals surface area contributed by atoms with Crippen molar-refractivity contribution in [3.63, 3.8) is 0 Å². The van der Waals surface area contributed by atoms with Crippen LogP contribution >= 0.6 is 0 Å². The fraction of sp³-hybridized carbons (Fsp3) is 0.190. The number of fused-ring (bicyclic) bond motifs is 1. The van der Waals surface area contributed by atoms with Crippen LogP contribution in [-0.4, -0.2) is 44.2 Å². The molecule has 0 saturated carbocycles. The van der Waals surface area contributed by atoms with Gasteiger partial charge in [-0.15, -0.1) is 0 Å². The molecule has 0 aliphatic heterocycles. The minimum Gasteiger partial charge on any atom is -0.493 e. The third-order valence-corrected chi connectivity index (χ3v) is 6.31. The lowest BCUT2D eigenvalue weighted by molar-refractivity contribution is 0.102. The second-order valence-electron chi connectivity index (χ2n) is 7.25. The molecule has 0 fully saturated rings. The fourth-order valence-corrected chi connectivity index (χ4v) is 4.16. The number of benzene rings is 3. The van der Waals surface area contributed by atoms with E-state index in [0.717, 1.165) is 6.07 Å². The van der Waals surface area contributed by atoms with E-state index >= 15 is 0 Å². The first kappa shape index (κ1) is 24.5. The maximum Gasteiger partial charge on any atom is 0.294 e. The van der Waals surface area contributed by atoms with E-state index in [0.29, 0.717) is 27.7 Å². The average Bonchev–Trinajstić information content (AvgIpc) is 2.72. The number of rotatable bonds is 9. The zero-order chi connectivity index (χ0) is 24.2. The number of nitrogens with one attached hydrogen (secondary N) is 1. The molecule has 0 aliphatic rings. The summed E-state index contributed by atoms with van der Waals surface area (Å²) in [6.45, 7) is 0.0508. The second kappa shape index (κ2) is 9.75. The molecular weight excluding hydrogens is 472 g/mol. The van der Waals surface area contributed by atoms with Crippen molar-refractivity contribution in [2.24, 2.45) is 0 Å². The lowest BCUT2D eigenvalue weighted by atomic mass is 10.1. The highest BCUT2D eigenvalue weighted by Crippen LogP contribution is 2.32. The van der Waals surface area contributed by atoms with Gasteiger partial charge in [0.15, 0.2) is 0 Å². The first-order chi connectivity index (χ1) is 15.4. The zero-order valence-electron chi connectivity index (χ0n) is 17.3. The number of unbranched alkanes of at least 4 members (excludes halogenated alkanes) is 1. The van der Waals surface area contributed by atoms with Crippen molar-refractivity contribution in [1.29, 1.82) is 0 Å². The van der Waals surface area contributed by atoms with E-state index in [2.05, 4.69) is 5.32 Å². The van der Waals surface area contributed by atoms with E-state index < -0.39 is 36.8 Å². The molecule has 0 heterocycles. The minimum atomic E-state index is -4.55. The zero-order valence-corrected chi connectivity index (χ0v) is 18.9. The van der Waals surface area contributed by atoms with Crippen LogP contribution in [-0.2, 0) is 20.2 Å². The predicted molar refractivity (Wildman–Crippen MR) is 124 cm³/mol. The number of carbonyl (C=O) groups is 1. The molecule has 0 saturated heterocycles. The van der Waals surface area contributed by atoms with Crippen molar-refractivity contribution in [1.82, 2.24) is 0 Å². The van der Waals surface area contributed by atoms with Crippen LogP contribution in [0.25, 0.3) is 10.8 Å². The molecule has 0 unspecified atom stereocenters. The summed E-state index contributed by atoms with van der Waals surface area (Å²) in [4.78, 5) is 12.1. The van der Waals surface area contributed by atoms with Crippen molar-refractivity contribution in [3.8, 4) is 5.75 Å². The van der Waals surface area contributed by atoms with Gasteiger partial charge in [0.2, 0.25) is 0 Å². The summed E-state index contributed by atoms with van der Waals surface area (Å²) < 4.78 is 68.9. The molecule has 0 aliphatic carbocycles. The number of hydrogen-bond donors (Lipinski definition) is 4. The van der Waals surface area contributed by atoms with Crippen LogP contribution < -0.4 is 15.8 Å². The highest BCUT2D eigenvalue weighted by atomic mass is 32.2. The Morgan fingerprint density at radius 3 is 2.27 bits per heavy atom. The quantitative estimate of drug-likeness (QED) is 0.198. The summed E-state index contributed by atoms with van der Waals surface area (Å²) in [6, 6.07) is 13.5. The number of nitrogens with two attached hydrogens (primary N) is 1. The Bertz CT molecular complexity index is 1390. The van der Waals surface area contributed by atoms with E-state index in [9.17, 15) is 26.2 Å². The third kappa shape index (κ3) is 6.89. The van der Waals surface area contributed by atoms with Crippen LogP contribution in [0, 0.1) is 0 Å². The van der Waals surface area contributed by atoms with Gasteiger partial charge in [0.05, 0.1) is 17.3 Å². The topological polar surface area (TPSA) is 173 Å². The van der Waals surface area contributed by atoms with Gasteiger partial charge in [-0.05, 0) is 66.8 Å². The van der Waals surface area contributed by atoms with Crippen molar-refractivity contribution in [2.45, 2.75) is 17.7 Å². The Labute approximate surface area is 190 Å². The SMILES string of the molecule is Nc1ccc(C(=O)Nc2ccc3c(OCCCCS(=O)(=O)O)cc(S(=O)(=O)O)cc3c2)cc1. The number of hydrogen-bond acceptors (Lipinski definition) is 7. The Morgan fingerprint density at radius 1 is 0.939 bits per heavy atom. The fourth-order valence-electron chi connectivity index (χ4n) is 3.06. The monoisotopic (exact) mass is 494 g/mol. The molecule has 0 bridgehead atoms. The van der Waals surface area contributed by atoms with Crippen LogP contribution in [0.3, 0.4) is 0 Å². The Hall–Kier alpha value is -3.19. The maximum atomic E-state index is 12.5. The average molecular weight is 495 g/mol. The molecule has 0 atom stereocenters. The van der Waals surface area contributed by atoms with Crippen LogP contribution in [0.2, 0.25) is 0 Å². The molecule has 0 spiro atoms. The molecule has 3 aromatic rings. The van der Waals surface area contributed by atoms with Gasteiger partial charge in [-0.2, -0.15) is 16.8 Å².